The van der Waals surface area contributed by atoms with Crippen molar-refractivity contribution in [2.45, 2.75) is 13.3 Å². The summed E-state index contributed by atoms with van der Waals surface area (Å²) in [6.07, 6.45) is 2.32. The molecule has 1 aromatic rings. The number of hydrogen-bond donors (Lipinski definition) is 0. The van der Waals surface area contributed by atoms with Gasteiger partial charge in [0, 0.05) is 6.20 Å². The lowest BCUT2D eigenvalue weighted by Gasteiger charge is -1.97. The maximum absolute atomic E-state index is 8.63. The topological polar surface area (TPSA) is 36.7 Å². The Balaban J connectivity index is 3.19. The second-order valence-electron chi connectivity index (χ2n) is 2.11. The van der Waals surface area contributed by atoms with E-state index in [-0.39, 0.29) is 0 Å². The maximum atomic E-state index is 8.63. The highest BCUT2D eigenvalue weighted by molar-refractivity contribution is 6.30. The van der Waals surface area contributed by atoms with Crippen molar-refractivity contribution in [2.75, 3.05) is 0 Å². The van der Waals surface area contributed by atoms with Crippen molar-refractivity contribution in [1.82, 2.24) is 4.98 Å². The van der Waals surface area contributed by atoms with Crippen molar-refractivity contribution in [3.63, 3.8) is 0 Å². The van der Waals surface area contributed by atoms with E-state index in [0.29, 0.717) is 10.6 Å². The number of aryl methyl sites for hydroxylation is 1. The molecule has 11 heavy (non-hydrogen) atoms. The number of nitriles is 1. The van der Waals surface area contributed by atoms with Crippen LogP contribution in [0.3, 0.4) is 0 Å². The lowest BCUT2D eigenvalue weighted by Crippen LogP contribution is -1.91. The molecule has 0 N–H and O–H groups in total. The zero-order valence-electron chi connectivity index (χ0n) is 6.13. The Hall–Kier alpha value is -1.07. The maximum Gasteiger partial charge on any atom is 0.101 e. The average molecular weight is 167 g/mol. The zero-order valence-corrected chi connectivity index (χ0v) is 6.89. The van der Waals surface area contributed by atoms with Crippen LogP contribution in [0.4, 0.5) is 0 Å². The number of pyridine rings is 1. The van der Waals surface area contributed by atoms with Gasteiger partial charge < -0.3 is 0 Å². The molecule has 1 rings (SSSR count). The zero-order chi connectivity index (χ0) is 8.27. The van der Waals surface area contributed by atoms with Crippen LogP contribution in [0.15, 0.2) is 12.3 Å². The van der Waals surface area contributed by atoms with Crippen LogP contribution in [0.2, 0.25) is 5.02 Å². The first-order chi connectivity index (χ1) is 5.27. The number of halogens is 1. The fourth-order valence-electron chi connectivity index (χ4n) is 0.846. The van der Waals surface area contributed by atoms with Crippen LogP contribution in [0, 0.1) is 11.3 Å². The van der Waals surface area contributed by atoms with Gasteiger partial charge in [0.1, 0.15) is 6.07 Å². The van der Waals surface area contributed by atoms with Crippen LogP contribution < -0.4 is 0 Å². The van der Waals surface area contributed by atoms with Gasteiger partial charge in [0.15, 0.2) is 0 Å². The van der Waals surface area contributed by atoms with Crippen molar-refractivity contribution in [3.8, 4) is 6.07 Å². The van der Waals surface area contributed by atoms with Gasteiger partial charge >= 0.3 is 0 Å². The van der Waals surface area contributed by atoms with Gasteiger partial charge in [0.2, 0.25) is 0 Å². The van der Waals surface area contributed by atoms with E-state index in [1.54, 1.807) is 12.3 Å². The van der Waals surface area contributed by atoms with Crippen LogP contribution in [-0.2, 0) is 6.42 Å². The predicted octanol–water partition coefficient (Wildman–Crippen LogP) is 2.17. The fourth-order valence-corrected chi connectivity index (χ4v) is 1.00. The third-order valence-electron chi connectivity index (χ3n) is 1.39. The van der Waals surface area contributed by atoms with Crippen LogP contribution in [0.1, 0.15) is 18.2 Å². The second kappa shape index (κ2) is 3.36. The average Bonchev–Trinajstić information content (AvgIpc) is 2.04. The highest BCUT2D eigenvalue weighted by Crippen LogP contribution is 2.12. The van der Waals surface area contributed by atoms with Gasteiger partial charge in [0.25, 0.3) is 0 Å². The third kappa shape index (κ3) is 1.69. The minimum atomic E-state index is 0.513. The van der Waals surface area contributed by atoms with Gasteiger partial charge in [-0.2, -0.15) is 5.26 Å². The first-order valence-electron chi connectivity index (χ1n) is 3.32. The second-order valence-corrected chi connectivity index (χ2v) is 2.55. The SMILES string of the molecule is CCc1ncc(Cl)cc1C#N. The normalized spacial score (nSPS) is 9.18. The van der Waals surface area contributed by atoms with Crippen molar-refractivity contribution < 1.29 is 0 Å². The number of hydrogen-bond acceptors (Lipinski definition) is 2. The van der Waals surface area contributed by atoms with E-state index in [2.05, 4.69) is 4.98 Å². The molecule has 0 saturated heterocycles. The monoisotopic (exact) mass is 166 g/mol. The van der Waals surface area contributed by atoms with Crippen molar-refractivity contribution in [1.29, 1.82) is 5.26 Å². The molecular weight excluding hydrogens is 160 g/mol. The van der Waals surface area contributed by atoms with E-state index in [0.717, 1.165) is 12.1 Å². The minimum Gasteiger partial charge on any atom is -0.258 e. The molecule has 0 aliphatic carbocycles. The summed E-state index contributed by atoms with van der Waals surface area (Å²) >= 11 is 5.64. The molecule has 0 atom stereocenters. The molecule has 0 radical (unpaired) electrons. The fraction of sp³-hybridized carbons (Fsp3) is 0.250. The Morgan fingerprint density at radius 2 is 2.45 bits per heavy atom. The Bertz CT molecular complexity index is 301. The van der Waals surface area contributed by atoms with Gasteiger partial charge in [-0.25, -0.2) is 0 Å². The largest absolute Gasteiger partial charge is 0.258 e. The molecule has 0 fully saturated rings. The van der Waals surface area contributed by atoms with Crippen molar-refractivity contribution in [3.05, 3.63) is 28.5 Å². The van der Waals surface area contributed by atoms with E-state index in [4.69, 9.17) is 16.9 Å². The Morgan fingerprint density at radius 1 is 1.73 bits per heavy atom. The van der Waals surface area contributed by atoms with Gasteiger partial charge in [0.05, 0.1) is 16.3 Å². The quantitative estimate of drug-likeness (QED) is 0.641. The molecular formula is C8H7ClN2. The molecule has 0 amide bonds. The summed E-state index contributed by atoms with van der Waals surface area (Å²) in [5, 5.41) is 9.14. The molecule has 0 saturated carbocycles. The first-order valence-corrected chi connectivity index (χ1v) is 3.70. The highest BCUT2D eigenvalue weighted by atomic mass is 35.5. The summed E-state index contributed by atoms with van der Waals surface area (Å²) in [5.74, 6) is 0. The highest BCUT2D eigenvalue weighted by Gasteiger charge is 2.00. The Labute approximate surface area is 70.4 Å². The summed E-state index contributed by atoms with van der Waals surface area (Å²) < 4.78 is 0. The van der Waals surface area contributed by atoms with Gasteiger partial charge in [-0.05, 0) is 12.5 Å². The molecule has 1 aromatic heterocycles. The smallest absolute Gasteiger partial charge is 0.101 e. The molecule has 1 heterocycles. The lowest BCUT2D eigenvalue weighted by atomic mass is 10.2. The number of aromatic nitrogens is 1. The van der Waals surface area contributed by atoms with Crippen molar-refractivity contribution >= 4 is 11.6 Å². The summed E-state index contributed by atoms with van der Waals surface area (Å²) in [5.41, 5.74) is 1.37. The van der Waals surface area contributed by atoms with Crippen LogP contribution >= 0.6 is 11.6 Å². The summed E-state index contributed by atoms with van der Waals surface area (Å²) in [4.78, 5) is 4.01. The Kier molecular flexibility index (Phi) is 2.45. The van der Waals surface area contributed by atoms with Crippen molar-refractivity contribution in [2.24, 2.45) is 0 Å². The molecule has 0 bridgehead atoms. The van der Waals surface area contributed by atoms with Crippen LogP contribution in [0.25, 0.3) is 0 Å². The van der Waals surface area contributed by atoms with Gasteiger partial charge in [-0.1, -0.05) is 18.5 Å². The minimum absolute atomic E-state index is 0.513. The van der Waals surface area contributed by atoms with Gasteiger partial charge in [-0.15, -0.1) is 0 Å². The molecule has 0 unspecified atom stereocenters. The third-order valence-corrected chi connectivity index (χ3v) is 1.60. The molecule has 3 heteroatoms. The van der Waals surface area contributed by atoms with E-state index >= 15 is 0 Å². The summed E-state index contributed by atoms with van der Waals surface area (Å²) in [7, 11) is 0. The molecule has 56 valence electrons. The molecule has 2 nitrogen and oxygen atoms in total. The first kappa shape index (κ1) is 8.03. The van der Waals surface area contributed by atoms with E-state index in [9.17, 15) is 0 Å². The summed E-state index contributed by atoms with van der Waals surface area (Å²) in [6, 6.07) is 3.67. The lowest BCUT2D eigenvalue weighted by molar-refractivity contribution is 1.02. The molecule has 0 aliphatic heterocycles. The molecule has 0 spiro atoms. The van der Waals surface area contributed by atoms with Crippen LogP contribution in [-0.4, -0.2) is 4.98 Å². The standard InChI is InChI=1S/C8H7ClN2/c1-2-8-6(4-10)3-7(9)5-11-8/h3,5H,2H2,1H3. The number of nitrogens with zero attached hydrogens (tertiary/aromatic N) is 2. The van der Waals surface area contributed by atoms with E-state index in [1.165, 1.54) is 0 Å². The number of rotatable bonds is 1. The predicted molar refractivity (Wildman–Crippen MR) is 43.3 cm³/mol. The van der Waals surface area contributed by atoms with Crippen LogP contribution in [0.5, 0.6) is 0 Å². The molecule has 0 aliphatic rings. The van der Waals surface area contributed by atoms with E-state index in [1.807, 2.05) is 13.0 Å². The molecule has 0 aromatic carbocycles. The van der Waals surface area contributed by atoms with Gasteiger partial charge in [-0.3, -0.25) is 4.98 Å². The summed E-state index contributed by atoms with van der Waals surface area (Å²) in [6.45, 7) is 1.96. The van der Waals surface area contributed by atoms with E-state index < -0.39 is 0 Å². The Morgan fingerprint density at radius 3 is 3.00 bits per heavy atom.